The van der Waals surface area contributed by atoms with Crippen molar-refractivity contribution in [2.45, 2.75) is 18.6 Å². The van der Waals surface area contributed by atoms with Crippen LogP contribution in [-0.4, -0.2) is 38.5 Å². The molecule has 0 saturated carbocycles. The Labute approximate surface area is 101 Å². The number of carboxylic acids is 2. The van der Waals surface area contributed by atoms with Gasteiger partial charge >= 0.3 is 11.9 Å². The van der Waals surface area contributed by atoms with E-state index in [1.165, 1.54) is 0 Å². The normalized spacial score (nSPS) is 13.9. The first-order valence-electron chi connectivity index (χ1n) is 4.92. The Morgan fingerprint density at radius 2 is 1.83 bits per heavy atom. The lowest BCUT2D eigenvalue weighted by molar-refractivity contribution is -0.153. The summed E-state index contributed by atoms with van der Waals surface area (Å²) in [6, 6.07) is 3.09. The zero-order valence-electron chi connectivity index (χ0n) is 9.08. The molecule has 0 bridgehead atoms. The number of halogens is 1. The van der Waals surface area contributed by atoms with E-state index in [0.717, 1.165) is 18.2 Å². The van der Waals surface area contributed by atoms with Gasteiger partial charge in [-0.15, -0.1) is 0 Å². The van der Waals surface area contributed by atoms with Crippen LogP contribution in [-0.2, 0) is 16.0 Å². The smallest absolute Gasteiger partial charge is 0.335 e. The van der Waals surface area contributed by atoms with Crippen molar-refractivity contribution in [3.05, 3.63) is 35.1 Å². The van der Waals surface area contributed by atoms with E-state index >= 15 is 0 Å². The fraction of sp³-hybridized carbons (Fsp3) is 0.273. The third-order valence-corrected chi connectivity index (χ3v) is 2.31. The van der Waals surface area contributed by atoms with Gasteiger partial charge in [0.25, 0.3) is 0 Å². The molecule has 0 aromatic heterocycles. The molecule has 0 spiro atoms. The van der Waals surface area contributed by atoms with Gasteiger partial charge in [-0.3, -0.25) is 4.79 Å². The lowest BCUT2D eigenvalue weighted by Crippen LogP contribution is -2.27. The predicted molar refractivity (Wildman–Crippen MR) is 56.3 cm³/mol. The lowest BCUT2D eigenvalue weighted by Gasteiger charge is -2.14. The molecule has 18 heavy (non-hydrogen) atoms. The quantitative estimate of drug-likeness (QED) is 0.587. The number of carboxylic acid groups (broad SMARTS) is 2. The van der Waals surface area contributed by atoms with E-state index < -0.39 is 36.4 Å². The van der Waals surface area contributed by atoms with Gasteiger partial charge in [0.15, 0.2) is 6.10 Å². The van der Waals surface area contributed by atoms with Crippen molar-refractivity contribution < 1.29 is 34.4 Å². The Morgan fingerprint density at radius 3 is 2.28 bits per heavy atom. The van der Waals surface area contributed by atoms with E-state index in [2.05, 4.69) is 0 Å². The Bertz CT molecular complexity index is 473. The molecule has 7 heteroatoms. The highest BCUT2D eigenvalue weighted by molar-refractivity contribution is 5.73. The second-order valence-electron chi connectivity index (χ2n) is 3.65. The highest BCUT2D eigenvalue weighted by atomic mass is 19.1. The molecule has 0 aliphatic rings. The van der Waals surface area contributed by atoms with Crippen molar-refractivity contribution >= 4 is 11.9 Å². The zero-order chi connectivity index (χ0) is 13.9. The molecule has 2 unspecified atom stereocenters. The molecule has 4 N–H and O–H groups in total. The van der Waals surface area contributed by atoms with Crippen LogP contribution in [0, 0.1) is 5.82 Å². The van der Waals surface area contributed by atoms with Crippen molar-refractivity contribution in [3.8, 4) is 0 Å². The number of hydrogen-bond acceptors (Lipinski definition) is 4. The summed E-state index contributed by atoms with van der Waals surface area (Å²) in [6.07, 6.45) is -4.38. The van der Waals surface area contributed by atoms with Crippen molar-refractivity contribution in [2.24, 2.45) is 0 Å². The SMILES string of the molecule is O=C(O)Cc1ccc(C(O)C(O)C(=O)O)cc1F. The molecule has 1 aromatic rings. The van der Waals surface area contributed by atoms with Gasteiger partial charge in [0, 0.05) is 0 Å². The molecular formula is C11H11FO6. The summed E-state index contributed by atoms with van der Waals surface area (Å²) in [5.74, 6) is -3.74. The largest absolute Gasteiger partial charge is 0.481 e. The molecule has 1 rings (SSSR count). The first kappa shape index (κ1) is 14.1. The standard InChI is InChI=1S/C11H11FO6/c12-7-3-6(9(15)10(16)11(17)18)2-1-5(7)4-8(13)14/h1-3,9-10,15-16H,4H2,(H,13,14)(H,17,18). The van der Waals surface area contributed by atoms with E-state index in [-0.39, 0.29) is 11.1 Å². The Balaban J connectivity index is 2.96. The highest BCUT2D eigenvalue weighted by Gasteiger charge is 2.25. The predicted octanol–water partition coefficient (Wildman–Crippen LogP) is -0.0683. The fourth-order valence-corrected chi connectivity index (χ4v) is 1.37. The first-order chi connectivity index (χ1) is 8.32. The average molecular weight is 258 g/mol. The molecule has 98 valence electrons. The Hall–Kier alpha value is -1.99. The molecule has 0 amide bonds. The highest BCUT2D eigenvalue weighted by Crippen LogP contribution is 2.20. The number of aliphatic carboxylic acids is 2. The van der Waals surface area contributed by atoms with Crippen molar-refractivity contribution in [3.63, 3.8) is 0 Å². The van der Waals surface area contributed by atoms with Gasteiger partial charge in [-0.2, -0.15) is 0 Å². The molecule has 6 nitrogen and oxygen atoms in total. The van der Waals surface area contributed by atoms with Gasteiger partial charge in [-0.05, 0) is 17.2 Å². The fourth-order valence-electron chi connectivity index (χ4n) is 1.37. The molecule has 1 aromatic carbocycles. The maximum absolute atomic E-state index is 13.4. The molecule has 2 atom stereocenters. The number of aliphatic hydroxyl groups is 2. The maximum Gasteiger partial charge on any atom is 0.335 e. The van der Waals surface area contributed by atoms with Gasteiger partial charge in [-0.1, -0.05) is 12.1 Å². The van der Waals surface area contributed by atoms with E-state index in [0.29, 0.717) is 0 Å². The number of benzene rings is 1. The third kappa shape index (κ3) is 3.25. The topological polar surface area (TPSA) is 115 Å². The number of rotatable bonds is 5. The number of carbonyl (C=O) groups is 2. The maximum atomic E-state index is 13.4. The minimum Gasteiger partial charge on any atom is -0.481 e. The summed E-state index contributed by atoms with van der Waals surface area (Å²) in [5.41, 5.74) is -0.236. The zero-order valence-corrected chi connectivity index (χ0v) is 9.08. The second kappa shape index (κ2) is 5.56. The monoisotopic (exact) mass is 258 g/mol. The second-order valence-corrected chi connectivity index (χ2v) is 3.65. The molecule has 0 saturated heterocycles. The third-order valence-electron chi connectivity index (χ3n) is 2.31. The van der Waals surface area contributed by atoms with Gasteiger partial charge in [0.05, 0.1) is 6.42 Å². The average Bonchev–Trinajstić information content (AvgIpc) is 2.29. The molecule has 0 radical (unpaired) electrons. The lowest BCUT2D eigenvalue weighted by atomic mass is 10.0. The summed E-state index contributed by atoms with van der Waals surface area (Å²) >= 11 is 0. The molecule has 0 aliphatic heterocycles. The van der Waals surface area contributed by atoms with Crippen LogP contribution in [0.1, 0.15) is 17.2 Å². The van der Waals surface area contributed by atoms with Gasteiger partial charge in [0.2, 0.25) is 0 Å². The first-order valence-corrected chi connectivity index (χ1v) is 4.92. The van der Waals surface area contributed by atoms with Crippen molar-refractivity contribution in [1.82, 2.24) is 0 Å². The summed E-state index contributed by atoms with van der Waals surface area (Å²) in [4.78, 5) is 20.8. The van der Waals surface area contributed by atoms with E-state index in [9.17, 15) is 19.1 Å². The van der Waals surface area contributed by atoms with Crippen LogP contribution in [0.25, 0.3) is 0 Å². The van der Waals surface area contributed by atoms with Crippen molar-refractivity contribution in [1.29, 1.82) is 0 Å². The van der Waals surface area contributed by atoms with Crippen LogP contribution in [0.3, 0.4) is 0 Å². The van der Waals surface area contributed by atoms with E-state index in [4.69, 9.17) is 15.3 Å². The number of hydrogen-bond donors (Lipinski definition) is 4. The van der Waals surface area contributed by atoms with Crippen LogP contribution in [0.4, 0.5) is 4.39 Å². The van der Waals surface area contributed by atoms with Crippen LogP contribution in [0.2, 0.25) is 0 Å². The minimum atomic E-state index is -2.07. The van der Waals surface area contributed by atoms with Crippen LogP contribution in [0.5, 0.6) is 0 Å². The molecule has 0 fully saturated rings. The van der Waals surface area contributed by atoms with Gasteiger partial charge < -0.3 is 20.4 Å². The minimum absolute atomic E-state index is 0.0942. The molecular weight excluding hydrogens is 247 g/mol. The van der Waals surface area contributed by atoms with E-state index in [1.807, 2.05) is 0 Å². The van der Waals surface area contributed by atoms with Gasteiger partial charge in [0.1, 0.15) is 11.9 Å². The van der Waals surface area contributed by atoms with Crippen molar-refractivity contribution in [2.75, 3.05) is 0 Å². The van der Waals surface area contributed by atoms with Gasteiger partial charge in [-0.25, -0.2) is 9.18 Å². The van der Waals surface area contributed by atoms with E-state index in [1.54, 1.807) is 0 Å². The molecule has 0 aliphatic carbocycles. The number of aliphatic hydroxyl groups excluding tert-OH is 2. The summed E-state index contributed by atoms with van der Waals surface area (Å²) < 4.78 is 13.4. The summed E-state index contributed by atoms with van der Waals surface area (Å²) in [5, 5.41) is 35.5. The van der Waals surface area contributed by atoms with Crippen LogP contribution in [0.15, 0.2) is 18.2 Å². The molecule has 0 heterocycles. The Kier molecular flexibility index (Phi) is 4.35. The summed E-state index contributed by atoms with van der Waals surface area (Å²) in [6.45, 7) is 0. The van der Waals surface area contributed by atoms with Crippen LogP contribution >= 0.6 is 0 Å². The van der Waals surface area contributed by atoms with Crippen LogP contribution < -0.4 is 0 Å². The summed E-state index contributed by atoms with van der Waals surface area (Å²) in [7, 11) is 0. The Morgan fingerprint density at radius 1 is 1.22 bits per heavy atom.